The van der Waals surface area contributed by atoms with Crippen LogP contribution >= 0.6 is 0 Å². The van der Waals surface area contributed by atoms with Crippen molar-refractivity contribution in [3.05, 3.63) is 17.7 Å². The average Bonchev–Trinajstić information content (AvgIpc) is 3.07. The summed E-state index contributed by atoms with van der Waals surface area (Å²) < 4.78 is 16.0. The number of amides is 2. The van der Waals surface area contributed by atoms with Gasteiger partial charge in [0.25, 0.3) is 0 Å². The third-order valence-electron chi connectivity index (χ3n) is 3.92. The summed E-state index contributed by atoms with van der Waals surface area (Å²) in [6.45, 7) is 3.59. The molecule has 2 rings (SSSR count). The van der Waals surface area contributed by atoms with Gasteiger partial charge in [-0.25, -0.2) is 4.79 Å². The number of ether oxygens (including phenoxy) is 3. The van der Waals surface area contributed by atoms with Crippen molar-refractivity contribution in [3.63, 3.8) is 0 Å². The van der Waals surface area contributed by atoms with Crippen LogP contribution in [0.4, 0.5) is 4.79 Å². The van der Waals surface area contributed by atoms with Gasteiger partial charge in [0.15, 0.2) is 11.5 Å². The van der Waals surface area contributed by atoms with E-state index in [4.69, 9.17) is 14.2 Å². The normalized spacial score (nSPS) is 15.4. The first-order valence-corrected chi connectivity index (χ1v) is 7.46. The van der Waals surface area contributed by atoms with Crippen molar-refractivity contribution in [2.45, 2.75) is 25.8 Å². The summed E-state index contributed by atoms with van der Waals surface area (Å²) in [7, 11) is 4.72. The summed E-state index contributed by atoms with van der Waals surface area (Å²) in [5.74, 6) is 1.71. The quantitative estimate of drug-likeness (QED) is 0.908. The van der Waals surface area contributed by atoms with Gasteiger partial charge in [-0.3, -0.25) is 0 Å². The monoisotopic (exact) mass is 308 g/mol. The number of carbonyl (C=O) groups is 1. The molecule has 122 valence electrons. The predicted molar refractivity (Wildman–Crippen MR) is 83.9 cm³/mol. The molecule has 1 N–H and O–H groups in total. The molecule has 6 heteroatoms. The van der Waals surface area contributed by atoms with Gasteiger partial charge in [-0.2, -0.15) is 0 Å². The number of hydrogen-bond donors (Lipinski definition) is 1. The van der Waals surface area contributed by atoms with Crippen LogP contribution in [0, 0.1) is 0 Å². The first kappa shape index (κ1) is 16.3. The van der Waals surface area contributed by atoms with E-state index in [1.807, 2.05) is 24.0 Å². The van der Waals surface area contributed by atoms with Gasteiger partial charge in [0, 0.05) is 13.1 Å². The third-order valence-corrected chi connectivity index (χ3v) is 3.92. The van der Waals surface area contributed by atoms with Gasteiger partial charge in [-0.05, 0) is 37.5 Å². The van der Waals surface area contributed by atoms with Gasteiger partial charge in [-0.1, -0.05) is 0 Å². The third kappa shape index (κ3) is 3.37. The molecule has 6 nitrogen and oxygen atoms in total. The Balaban J connectivity index is 2.17. The minimum atomic E-state index is -0.151. The number of nitrogens with zero attached hydrogens (tertiary/aromatic N) is 1. The van der Waals surface area contributed by atoms with Crippen molar-refractivity contribution in [2.75, 3.05) is 34.4 Å². The number of nitrogens with one attached hydrogen (secondary N) is 1. The molecule has 22 heavy (non-hydrogen) atoms. The van der Waals surface area contributed by atoms with Crippen LogP contribution in [0.2, 0.25) is 0 Å². The average molecular weight is 308 g/mol. The van der Waals surface area contributed by atoms with E-state index >= 15 is 0 Å². The standard InChI is InChI=1S/C16H24N2O4/c1-11(17-16(19)18-7-5-6-8-18)12-9-13(20-2)15(22-4)14(10-12)21-3/h9-11H,5-8H2,1-4H3,(H,17,19). The highest BCUT2D eigenvalue weighted by Gasteiger charge is 2.21. The van der Waals surface area contributed by atoms with Crippen molar-refractivity contribution in [1.29, 1.82) is 0 Å². The minimum Gasteiger partial charge on any atom is -0.493 e. The molecule has 2 amide bonds. The number of urea groups is 1. The van der Waals surface area contributed by atoms with Crippen LogP contribution in [0.3, 0.4) is 0 Å². The van der Waals surface area contributed by atoms with E-state index in [1.165, 1.54) is 0 Å². The smallest absolute Gasteiger partial charge is 0.317 e. The van der Waals surface area contributed by atoms with Crippen molar-refractivity contribution < 1.29 is 19.0 Å². The second-order valence-corrected chi connectivity index (χ2v) is 5.32. The number of benzene rings is 1. The van der Waals surface area contributed by atoms with Crippen LogP contribution in [0.5, 0.6) is 17.2 Å². The molecule has 0 saturated carbocycles. The SMILES string of the molecule is COc1cc(C(C)NC(=O)N2CCCC2)cc(OC)c1OC. The summed E-state index contributed by atoms with van der Waals surface area (Å²) in [6.07, 6.45) is 2.15. The summed E-state index contributed by atoms with van der Waals surface area (Å²) in [4.78, 5) is 14.0. The van der Waals surface area contributed by atoms with Gasteiger partial charge >= 0.3 is 6.03 Å². The molecule has 0 aromatic heterocycles. The largest absolute Gasteiger partial charge is 0.493 e. The van der Waals surface area contributed by atoms with Gasteiger partial charge in [0.05, 0.1) is 27.4 Å². The van der Waals surface area contributed by atoms with Gasteiger partial charge in [0.1, 0.15) is 0 Å². The van der Waals surface area contributed by atoms with Crippen LogP contribution in [-0.4, -0.2) is 45.3 Å². The van der Waals surface area contributed by atoms with Crippen LogP contribution < -0.4 is 19.5 Å². The number of carbonyl (C=O) groups excluding carboxylic acids is 1. The molecule has 0 bridgehead atoms. The lowest BCUT2D eigenvalue weighted by atomic mass is 10.1. The maximum absolute atomic E-state index is 12.2. The molecule has 1 fully saturated rings. The van der Waals surface area contributed by atoms with Gasteiger partial charge < -0.3 is 24.4 Å². The van der Waals surface area contributed by atoms with Crippen LogP contribution in [0.1, 0.15) is 31.4 Å². The Kier molecular flexibility index (Phi) is 5.35. The molecule has 1 atom stereocenters. The zero-order valence-electron chi connectivity index (χ0n) is 13.6. The van der Waals surface area contributed by atoms with Crippen molar-refractivity contribution >= 4 is 6.03 Å². The Bertz CT molecular complexity index is 502. The minimum absolute atomic E-state index is 0.0289. The molecule has 0 radical (unpaired) electrons. The number of rotatable bonds is 5. The van der Waals surface area contributed by atoms with Crippen molar-refractivity contribution in [2.24, 2.45) is 0 Å². The Morgan fingerprint density at radius 2 is 1.64 bits per heavy atom. The molecule has 1 saturated heterocycles. The first-order valence-electron chi connectivity index (χ1n) is 7.46. The fourth-order valence-corrected chi connectivity index (χ4v) is 2.63. The molecule has 1 aliphatic rings. The van der Waals surface area contributed by atoms with E-state index in [0.717, 1.165) is 31.5 Å². The molecule has 1 aromatic carbocycles. The van der Waals surface area contributed by atoms with E-state index < -0.39 is 0 Å². The molecule has 1 aromatic rings. The van der Waals surface area contributed by atoms with Gasteiger partial charge in [0.2, 0.25) is 5.75 Å². The topological polar surface area (TPSA) is 60.0 Å². The molecule has 1 heterocycles. The fraction of sp³-hybridized carbons (Fsp3) is 0.562. The van der Waals surface area contributed by atoms with E-state index in [9.17, 15) is 4.79 Å². The van der Waals surface area contributed by atoms with Gasteiger partial charge in [-0.15, -0.1) is 0 Å². The molecular formula is C16H24N2O4. The fourth-order valence-electron chi connectivity index (χ4n) is 2.63. The molecule has 1 aliphatic heterocycles. The summed E-state index contributed by atoms with van der Waals surface area (Å²) in [5, 5.41) is 3.01. The zero-order valence-corrected chi connectivity index (χ0v) is 13.6. The second kappa shape index (κ2) is 7.24. The lowest BCUT2D eigenvalue weighted by Crippen LogP contribution is -2.39. The number of hydrogen-bond acceptors (Lipinski definition) is 4. The molecule has 0 spiro atoms. The highest BCUT2D eigenvalue weighted by Crippen LogP contribution is 2.39. The van der Waals surface area contributed by atoms with Crippen LogP contribution in [0.15, 0.2) is 12.1 Å². The van der Waals surface area contributed by atoms with E-state index in [0.29, 0.717) is 17.2 Å². The van der Waals surface area contributed by atoms with E-state index in [2.05, 4.69) is 5.32 Å². The highest BCUT2D eigenvalue weighted by atomic mass is 16.5. The Morgan fingerprint density at radius 3 is 2.09 bits per heavy atom. The summed E-state index contributed by atoms with van der Waals surface area (Å²) in [6, 6.07) is 3.53. The Hall–Kier alpha value is -2.11. The maximum atomic E-state index is 12.2. The van der Waals surface area contributed by atoms with E-state index in [1.54, 1.807) is 21.3 Å². The van der Waals surface area contributed by atoms with Crippen LogP contribution in [0.25, 0.3) is 0 Å². The van der Waals surface area contributed by atoms with Crippen LogP contribution in [-0.2, 0) is 0 Å². The number of methoxy groups -OCH3 is 3. The predicted octanol–water partition coefficient (Wildman–Crippen LogP) is 2.58. The lowest BCUT2D eigenvalue weighted by molar-refractivity contribution is 0.205. The lowest BCUT2D eigenvalue weighted by Gasteiger charge is -2.22. The first-order chi connectivity index (χ1) is 10.6. The zero-order chi connectivity index (χ0) is 16.1. The van der Waals surface area contributed by atoms with E-state index in [-0.39, 0.29) is 12.1 Å². The molecule has 0 aliphatic carbocycles. The summed E-state index contributed by atoms with van der Waals surface area (Å²) in [5.41, 5.74) is 0.905. The second-order valence-electron chi connectivity index (χ2n) is 5.32. The summed E-state index contributed by atoms with van der Waals surface area (Å²) >= 11 is 0. The highest BCUT2D eigenvalue weighted by molar-refractivity contribution is 5.75. The van der Waals surface area contributed by atoms with Crippen molar-refractivity contribution in [1.82, 2.24) is 10.2 Å². The Labute approximate surface area is 131 Å². The maximum Gasteiger partial charge on any atom is 0.317 e. The number of likely N-dealkylation sites (tertiary alicyclic amines) is 1. The molecule has 1 unspecified atom stereocenters. The Morgan fingerprint density at radius 1 is 1.09 bits per heavy atom. The molecular weight excluding hydrogens is 284 g/mol. The van der Waals surface area contributed by atoms with Crippen molar-refractivity contribution in [3.8, 4) is 17.2 Å².